The van der Waals surface area contributed by atoms with Crippen molar-refractivity contribution < 1.29 is 23.0 Å². The first-order valence-electron chi connectivity index (χ1n) is 5.25. The Labute approximate surface area is 119 Å². The Bertz CT molecular complexity index is 600. The third-order valence-electron chi connectivity index (χ3n) is 2.84. The number of hydrogen-bond acceptors (Lipinski definition) is 4. The summed E-state index contributed by atoms with van der Waals surface area (Å²) in [6.07, 6.45) is -2.35. The third-order valence-corrected chi connectivity index (χ3v) is 5.49. The number of sulfonamides is 1. The van der Waals surface area contributed by atoms with Crippen LogP contribution in [0.2, 0.25) is 10.0 Å². The molecule has 1 fully saturated rings. The van der Waals surface area contributed by atoms with E-state index in [1.807, 2.05) is 0 Å². The molecule has 1 aliphatic heterocycles. The summed E-state index contributed by atoms with van der Waals surface area (Å²) in [6, 6.07) is 2.17. The Kier molecular flexibility index (Phi) is 4.06. The molecule has 5 nitrogen and oxygen atoms in total. The first-order valence-corrected chi connectivity index (χ1v) is 7.44. The fourth-order valence-corrected chi connectivity index (χ4v) is 3.97. The Hall–Kier alpha value is -0.440. The Balaban J connectivity index is 2.44. The minimum Gasteiger partial charge on any atom is -0.389 e. The summed E-state index contributed by atoms with van der Waals surface area (Å²) < 4.78 is 38.8. The van der Waals surface area contributed by atoms with E-state index < -0.39 is 38.0 Å². The lowest BCUT2D eigenvalue weighted by molar-refractivity contribution is 0.0572. The number of halogens is 3. The van der Waals surface area contributed by atoms with Gasteiger partial charge in [0.05, 0.1) is 22.3 Å². The molecule has 1 saturated heterocycles. The van der Waals surface area contributed by atoms with Gasteiger partial charge in [-0.1, -0.05) is 23.2 Å². The number of aliphatic hydroxyl groups excluding tert-OH is 2. The van der Waals surface area contributed by atoms with Crippen LogP contribution in [0.1, 0.15) is 0 Å². The van der Waals surface area contributed by atoms with E-state index in [1.54, 1.807) is 0 Å². The maximum atomic E-state index is 13.5. The fourth-order valence-electron chi connectivity index (χ4n) is 1.78. The highest BCUT2D eigenvalue weighted by Gasteiger charge is 2.38. The van der Waals surface area contributed by atoms with Gasteiger partial charge < -0.3 is 10.2 Å². The first-order chi connectivity index (χ1) is 8.75. The monoisotopic (exact) mass is 329 g/mol. The summed E-state index contributed by atoms with van der Waals surface area (Å²) in [5.74, 6) is -1.02. The fraction of sp³-hybridized carbons (Fsp3) is 0.400. The summed E-state index contributed by atoms with van der Waals surface area (Å²) in [4.78, 5) is -0.447. The van der Waals surface area contributed by atoms with Crippen LogP contribution in [0, 0.1) is 5.82 Å². The first kappa shape index (κ1) is 15.0. The number of nitrogens with zero attached hydrogens (tertiary/aromatic N) is 1. The summed E-state index contributed by atoms with van der Waals surface area (Å²) in [6.45, 7) is -0.547. The summed E-state index contributed by atoms with van der Waals surface area (Å²) >= 11 is 11.1. The van der Waals surface area contributed by atoms with Gasteiger partial charge in [-0.15, -0.1) is 0 Å². The molecule has 1 heterocycles. The second-order valence-corrected chi connectivity index (χ2v) is 6.82. The van der Waals surface area contributed by atoms with Crippen molar-refractivity contribution >= 4 is 33.2 Å². The van der Waals surface area contributed by atoms with Crippen LogP contribution in [0.5, 0.6) is 0 Å². The number of benzene rings is 1. The highest BCUT2D eigenvalue weighted by atomic mass is 35.5. The molecule has 19 heavy (non-hydrogen) atoms. The molecule has 2 N–H and O–H groups in total. The van der Waals surface area contributed by atoms with Gasteiger partial charge >= 0.3 is 0 Å². The lowest BCUT2D eigenvalue weighted by Crippen LogP contribution is -2.30. The number of hydrogen-bond donors (Lipinski definition) is 2. The van der Waals surface area contributed by atoms with Crippen LogP contribution in [0.4, 0.5) is 4.39 Å². The van der Waals surface area contributed by atoms with Gasteiger partial charge in [0, 0.05) is 13.1 Å². The number of rotatable bonds is 2. The molecule has 0 spiro atoms. The number of aliphatic hydroxyl groups is 2. The van der Waals surface area contributed by atoms with Gasteiger partial charge in [0.25, 0.3) is 0 Å². The largest absolute Gasteiger partial charge is 0.389 e. The lowest BCUT2D eigenvalue weighted by atomic mass is 10.3. The van der Waals surface area contributed by atoms with Crippen molar-refractivity contribution in [3.63, 3.8) is 0 Å². The molecular formula is C10H10Cl2FNO4S. The predicted molar refractivity (Wildman–Crippen MR) is 67.2 cm³/mol. The molecule has 1 aromatic rings. The van der Waals surface area contributed by atoms with Crippen molar-refractivity contribution in [3.8, 4) is 0 Å². The molecule has 0 saturated carbocycles. The van der Waals surface area contributed by atoms with Crippen LogP contribution >= 0.6 is 23.2 Å². The van der Waals surface area contributed by atoms with Crippen LogP contribution in [0.25, 0.3) is 0 Å². The van der Waals surface area contributed by atoms with Crippen molar-refractivity contribution in [3.05, 3.63) is 28.0 Å². The SMILES string of the molecule is O=S(=O)(c1ccc(Cl)c(F)c1Cl)N1C[C@@H](O)[C@@H](O)C1. The van der Waals surface area contributed by atoms with E-state index in [9.17, 15) is 23.0 Å². The van der Waals surface area contributed by atoms with Gasteiger partial charge in [-0.3, -0.25) is 0 Å². The molecular weight excluding hydrogens is 320 g/mol. The smallest absolute Gasteiger partial charge is 0.244 e. The molecule has 0 unspecified atom stereocenters. The maximum absolute atomic E-state index is 13.5. The van der Waals surface area contributed by atoms with Crippen LogP contribution < -0.4 is 0 Å². The summed E-state index contributed by atoms with van der Waals surface area (Å²) in [7, 11) is -4.09. The van der Waals surface area contributed by atoms with E-state index in [2.05, 4.69) is 0 Å². The molecule has 0 aliphatic carbocycles. The average Bonchev–Trinajstić information content (AvgIpc) is 2.67. The van der Waals surface area contributed by atoms with Crippen LogP contribution in [-0.2, 0) is 10.0 Å². The van der Waals surface area contributed by atoms with E-state index in [1.165, 1.54) is 0 Å². The standard InChI is InChI=1S/C10H10Cl2FNO4S/c11-5-1-2-8(9(12)10(5)13)19(17,18)14-3-6(15)7(16)4-14/h1-2,6-7,15-16H,3-4H2/t6-,7+. The van der Waals surface area contributed by atoms with Gasteiger partial charge in [-0.25, -0.2) is 12.8 Å². The van der Waals surface area contributed by atoms with Gasteiger partial charge in [0.2, 0.25) is 10.0 Å². The molecule has 2 atom stereocenters. The molecule has 1 aromatic carbocycles. The van der Waals surface area contributed by atoms with Crippen molar-refractivity contribution in [2.24, 2.45) is 0 Å². The predicted octanol–water partition coefficient (Wildman–Crippen LogP) is 0.859. The zero-order chi connectivity index (χ0) is 14.4. The lowest BCUT2D eigenvalue weighted by Gasteiger charge is -2.16. The molecule has 2 rings (SSSR count). The van der Waals surface area contributed by atoms with E-state index in [0.717, 1.165) is 16.4 Å². The van der Waals surface area contributed by atoms with Crippen molar-refractivity contribution in [2.75, 3.05) is 13.1 Å². The normalized spacial score (nSPS) is 24.9. The molecule has 1 aliphatic rings. The molecule has 0 radical (unpaired) electrons. The highest BCUT2D eigenvalue weighted by Crippen LogP contribution is 2.32. The van der Waals surface area contributed by atoms with Gasteiger partial charge in [0.15, 0.2) is 5.82 Å². The minimum absolute atomic E-state index is 0.274. The zero-order valence-electron chi connectivity index (χ0n) is 9.42. The topological polar surface area (TPSA) is 77.8 Å². The second kappa shape index (κ2) is 5.16. The van der Waals surface area contributed by atoms with Crippen molar-refractivity contribution in [2.45, 2.75) is 17.1 Å². The number of β-amino-alcohol motifs (C(OH)–C–C–N with tert-alkyl or cyclic N) is 2. The van der Waals surface area contributed by atoms with Crippen LogP contribution in [-0.4, -0.2) is 48.2 Å². The quantitative estimate of drug-likeness (QED) is 0.789. The van der Waals surface area contributed by atoms with E-state index in [0.29, 0.717) is 0 Å². The van der Waals surface area contributed by atoms with E-state index in [4.69, 9.17) is 23.2 Å². The molecule has 9 heteroatoms. The summed E-state index contributed by atoms with van der Waals surface area (Å²) in [5.41, 5.74) is 0. The molecule has 0 aromatic heterocycles. The van der Waals surface area contributed by atoms with Crippen molar-refractivity contribution in [1.29, 1.82) is 0 Å². The van der Waals surface area contributed by atoms with Crippen molar-refractivity contribution in [1.82, 2.24) is 4.31 Å². The van der Waals surface area contributed by atoms with Gasteiger partial charge in [0.1, 0.15) is 4.90 Å². The molecule has 106 valence electrons. The maximum Gasteiger partial charge on any atom is 0.244 e. The molecule has 0 amide bonds. The highest BCUT2D eigenvalue weighted by molar-refractivity contribution is 7.89. The second-order valence-electron chi connectivity index (χ2n) is 4.13. The molecule has 0 bridgehead atoms. The Morgan fingerprint density at radius 3 is 2.26 bits per heavy atom. The van der Waals surface area contributed by atoms with E-state index in [-0.39, 0.29) is 18.1 Å². The average molecular weight is 330 g/mol. The Morgan fingerprint density at radius 2 is 1.74 bits per heavy atom. The minimum atomic E-state index is -4.09. The zero-order valence-corrected chi connectivity index (χ0v) is 11.8. The van der Waals surface area contributed by atoms with E-state index >= 15 is 0 Å². The third kappa shape index (κ3) is 2.58. The van der Waals surface area contributed by atoms with Gasteiger partial charge in [-0.2, -0.15) is 4.31 Å². The van der Waals surface area contributed by atoms with Crippen LogP contribution in [0.3, 0.4) is 0 Å². The van der Waals surface area contributed by atoms with Crippen LogP contribution in [0.15, 0.2) is 17.0 Å². The summed E-state index contributed by atoms with van der Waals surface area (Å²) in [5, 5.41) is 17.8. The van der Waals surface area contributed by atoms with Gasteiger partial charge in [-0.05, 0) is 12.1 Å². The Morgan fingerprint density at radius 1 is 1.21 bits per heavy atom.